The highest BCUT2D eigenvalue weighted by Crippen LogP contribution is 2.35. The summed E-state index contributed by atoms with van der Waals surface area (Å²) in [6.45, 7) is 0.367. The molecule has 0 bridgehead atoms. The third kappa shape index (κ3) is 1.46. The summed E-state index contributed by atoms with van der Waals surface area (Å²) in [6, 6.07) is 7.49. The molecule has 1 aromatic rings. The lowest BCUT2D eigenvalue weighted by molar-refractivity contribution is -0.153. The van der Waals surface area contributed by atoms with E-state index in [1.165, 1.54) is 16.3 Å². The largest absolute Gasteiger partial charge is 0.474 e. The lowest BCUT2D eigenvalue weighted by Crippen LogP contribution is -2.27. The Bertz CT molecular complexity index is 380. The van der Waals surface area contributed by atoms with Gasteiger partial charge in [0.25, 0.3) is 0 Å². The zero-order chi connectivity index (χ0) is 10.1. The first-order chi connectivity index (χ1) is 6.68. The number of fused-ring (bicyclic) bond motifs is 1. The summed E-state index contributed by atoms with van der Waals surface area (Å²) in [5.74, 6) is -2.28. The summed E-state index contributed by atoms with van der Waals surface area (Å²) in [5, 5.41) is 8.52. The number of amides is 1. The van der Waals surface area contributed by atoms with Crippen molar-refractivity contribution in [2.45, 2.75) is 11.4 Å². The summed E-state index contributed by atoms with van der Waals surface area (Å²) in [5.41, 5.74) is 0.993. The number of hydrogen-bond acceptors (Lipinski definition) is 3. The molecule has 1 aromatic carbocycles. The molecule has 0 saturated carbocycles. The van der Waals surface area contributed by atoms with Crippen LogP contribution in [-0.4, -0.2) is 21.3 Å². The SMILES string of the molecule is O=C(O)C(=O)N1Cc2ccccc2S1. The Morgan fingerprint density at radius 3 is 2.71 bits per heavy atom. The minimum absolute atomic E-state index is 0.367. The van der Waals surface area contributed by atoms with Crippen molar-refractivity contribution in [3.63, 3.8) is 0 Å². The molecule has 1 N–H and O–H groups in total. The molecule has 0 radical (unpaired) electrons. The van der Waals surface area contributed by atoms with Gasteiger partial charge in [-0.1, -0.05) is 18.2 Å². The standard InChI is InChI=1S/C9H7NO3S/c11-8(9(12)13)10-5-6-3-1-2-4-7(6)14-10/h1-4H,5H2,(H,12,13). The molecule has 0 atom stereocenters. The number of nitrogens with zero attached hydrogens (tertiary/aromatic N) is 1. The third-order valence-corrected chi connectivity index (χ3v) is 3.01. The zero-order valence-electron chi connectivity index (χ0n) is 7.14. The molecule has 0 fully saturated rings. The van der Waals surface area contributed by atoms with Crippen LogP contribution in [0.5, 0.6) is 0 Å². The van der Waals surface area contributed by atoms with Gasteiger partial charge in [-0.3, -0.25) is 9.10 Å². The zero-order valence-corrected chi connectivity index (χ0v) is 7.95. The second-order valence-electron chi connectivity index (χ2n) is 2.85. The average Bonchev–Trinajstić information content (AvgIpc) is 2.59. The third-order valence-electron chi connectivity index (χ3n) is 1.90. The number of carbonyl (C=O) groups is 2. The van der Waals surface area contributed by atoms with Gasteiger partial charge in [0, 0.05) is 4.90 Å². The molecule has 1 aliphatic heterocycles. The predicted molar refractivity (Wildman–Crippen MR) is 50.5 cm³/mol. The van der Waals surface area contributed by atoms with Crippen LogP contribution in [0.4, 0.5) is 0 Å². The van der Waals surface area contributed by atoms with Gasteiger partial charge < -0.3 is 5.11 Å². The Balaban J connectivity index is 2.20. The van der Waals surface area contributed by atoms with Crippen molar-refractivity contribution in [2.24, 2.45) is 0 Å². The van der Waals surface area contributed by atoms with Gasteiger partial charge in [0.2, 0.25) is 0 Å². The van der Waals surface area contributed by atoms with Crippen LogP contribution in [-0.2, 0) is 16.1 Å². The fraction of sp³-hybridized carbons (Fsp3) is 0.111. The lowest BCUT2D eigenvalue weighted by Gasteiger charge is -2.09. The summed E-state index contributed by atoms with van der Waals surface area (Å²) >= 11 is 1.18. The maximum Gasteiger partial charge on any atom is 0.395 e. The molecule has 14 heavy (non-hydrogen) atoms. The van der Waals surface area contributed by atoms with Crippen molar-refractivity contribution in [3.8, 4) is 0 Å². The molecule has 1 aliphatic rings. The highest BCUT2D eigenvalue weighted by atomic mass is 32.2. The van der Waals surface area contributed by atoms with Crippen LogP contribution in [0.3, 0.4) is 0 Å². The average molecular weight is 209 g/mol. The van der Waals surface area contributed by atoms with Crippen molar-refractivity contribution in [1.29, 1.82) is 0 Å². The van der Waals surface area contributed by atoms with E-state index in [1.807, 2.05) is 24.3 Å². The van der Waals surface area contributed by atoms with Crippen LogP contribution >= 0.6 is 11.9 Å². The van der Waals surface area contributed by atoms with E-state index in [0.29, 0.717) is 6.54 Å². The Morgan fingerprint density at radius 2 is 2.07 bits per heavy atom. The van der Waals surface area contributed by atoms with Gasteiger partial charge in [0.05, 0.1) is 6.54 Å². The van der Waals surface area contributed by atoms with E-state index in [2.05, 4.69) is 0 Å². The van der Waals surface area contributed by atoms with Crippen LogP contribution < -0.4 is 0 Å². The highest BCUT2D eigenvalue weighted by Gasteiger charge is 2.28. The molecule has 72 valence electrons. The summed E-state index contributed by atoms with van der Waals surface area (Å²) < 4.78 is 1.24. The van der Waals surface area contributed by atoms with Crippen LogP contribution in [0.15, 0.2) is 29.2 Å². The van der Waals surface area contributed by atoms with Crippen molar-refractivity contribution in [2.75, 3.05) is 0 Å². The Kier molecular flexibility index (Phi) is 2.17. The van der Waals surface area contributed by atoms with E-state index in [4.69, 9.17) is 5.11 Å². The first kappa shape index (κ1) is 9.08. The summed E-state index contributed by atoms with van der Waals surface area (Å²) in [7, 11) is 0. The van der Waals surface area contributed by atoms with E-state index in [1.54, 1.807) is 0 Å². The minimum atomic E-state index is -1.41. The van der Waals surface area contributed by atoms with Gasteiger partial charge in [0.1, 0.15) is 0 Å². The normalized spacial score (nSPS) is 13.9. The first-order valence-electron chi connectivity index (χ1n) is 3.99. The molecule has 4 nitrogen and oxygen atoms in total. The minimum Gasteiger partial charge on any atom is -0.474 e. The van der Waals surface area contributed by atoms with Gasteiger partial charge >= 0.3 is 11.9 Å². The molecular formula is C9H7NO3S. The molecule has 0 spiro atoms. The maximum atomic E-state index is 11.1. The number of rotatable bonds is 0. The number of carboxylic acid groups (broad SMARTS) is 1. The lowest BCUT2D eigenvalue weighted by atomic mass is 10.2. The van der Waals surface area contributed by atoms with Gasteiger partial charge in [-0.15, -0.1) is 0 Å². The summed E-state index contributed by atoms with van der Waals surface area (Å²) in [6.07, 6.45) is 0. The Morgan fingerprint density at radius 1 is 1.36 bits per heavy atom. The van der Waals surface area contributed by atoms with Gasteiger partial charge in [-0.05, 0) is 23.6 Å². The smallest absolute Gasteiger partial charge is 0.395 e. The summed E-state index contributed by atoms with van der Waals surface area (Å²) in [4.78, 5) is 22.5. The molecule has 5 heteroatoms. The number of carboxylic acids is 1. The van der Waals surface area contributed by atoms with Crippen LogP contribution in [0, 0.1) is 0 Å². The fourth-order valence-corrected chi connectivity index (χ4v) is 2.24. The molecule has 0 aromatic heterocycles. The van der Waals surface area contributed by atoms with E-state index in [9.17, 15) is 9.59 Å². The Hall–Kier alpha value is -1.49. The molecule has 1 heterocycles. The highest BCUT2D eigenvalue weighted by molar-refractivity contribution is 7.97. The van der Waals surface area contributed by atoms with Crippen molar-refractivity contribution >= 4 is 23.8 Å². The van der Waals surface area contributed by atoms with Crippen LogP contribution in [0.1, 0.15) is 5.56 Å². The second-order valence-corrected chi connectivity index (χ2v) is 3.91. The molecule has 1 amide bonds. The Labute approximate surface area is 84.7 Å². The monoisotopic (exact) mass is 209 g/mol. The number of benzene rings is 1. The first-order valence-corrected chi connectivity index (χ1v) is 4.76. The maximum absolute atomic E-state index is 11.1. The van der Waals surface area contributed by atoms with Crippen LogP contribution in [0.25, 0.3) is 0 Å². The molecule has 0 unspecified atom stereocenters. The molecule has 0 saturated heterocycles. The van der Waals surface area contributed by atoms with Crippen molar-refractivity contribution in [3.05, 3.63) is 29.8 Å². The molecule has 0 aliphatic carbocycles. The second kappa shape index (κ2) is 3.34. The van der Waals surface area contributed by atoms with E-state index >= 15 is 0 Å². The van der Waals surface area contributed by atoms with Gasteiger partial charge in [-0.25, -0.2) is 4.79 Å². The predicted octanol–water partition coefficient (Wildman–Crippen LogP) is 1.12. The van der Waals surface area contributed by atoms with Crippen molar-refractivity contribution < 1.29 is 14.7 Å². The van der Waals surface area contributed by atoms with Crippen LogP contribution in [0.2, 0.25) is 0 Å². The quantitative estimate of drug-likeness (QED) is 0.514. The van der Waals surface area contributed by atoms with E-state index in [-0.39, 0.29) is 0 Å². The van der Waals surface area contributed by atoms with E-state index in [0.717, 1.165) is 10.5 Å². The van der Waals surface area contributed by atoms with E-state index < -0.39 is 11.9 Å². The molecular weight excluding hydrogens is 202 g/mol. The van der Waals surface area contributed by atoms with Gasteiger partial charge in [-0.2, -0.15) is 0 Å². The number of hydrogen-bond donors (Lipinski definition) is 1. The van der Waals surface area contributed by atoms with Gasteiger partial charge in [0.15, 0.2) is 0 Å². The number of aliphatic carboxylic acids is 1. The topological polar surface area (TPSA) is 57.6 Å². The fourth-order valence-electron chi connectivity index (χ4n) is 1.25. The molecule has 2 rings (SSSR count). The van der Waals surface area contributed by atoms with Crippen molar-refractivity contribution in [1.82, 2.24) is 4.31 Å². The number of carbonyl (C=O) groups excluding carboxylic acids is 1.